The van der Waals surface area contributed by atoms with Crippen LogP contribution in [0, 0.1) is 0 Å². The van der Waals surface area contributed by atoms with Gasteiger partial charge in [0.1, 0.15) is 6.10 Å². The van der Waals surface area contributed by atoms with Crippen LogP contribution in [0.2, 0.25) is 0 Å². The van der Waals surface area contributed by atoms with Crippen molar-refractivity contribution in [3.05, 3.63) is 48.6 Å². The zero-order chi connectivity index (χ0) is 41.7. The number of rotatable bonds is 43. The number of aliphatic hydroxyl groups is 2. The Balaban J connectivity index is 4.62. The second kappa shape index (κ2) is 44.9. The smallest absolute Gasteiger partial charge is 0.306 e. The van der Waals surface area contributed by atoms with Crippen LogP contribution in [0.4, 0.5) is 0 Å². The lowest BCUT2D eigenvalue weighted by atomic mass is 10.0. The highest BCUT2D eigenvalue weighted by Gasteiger charge is 2.24. The Hall–Kier alpha value is -2.18. The summed E-state index contributed by atoms with van der Waals surface area (Å²) >= 11 is 0. The van der Waals surface area contributed by atoms with E-state index in [-0.39, 0.29) is 24.9 Å². The maximum atomic E-state index is 13.2. The predicted octanol–water partition coefficient (Wildman–Crippen LogP) is 14.3. The van der Waals surface area contributed by atoms with E-state index in [0.29, 0.717) is 19.3 Å². The largest absolute Gasteiger partial charge is 0.462 e. The molecule has 332 valence electrons. The van der Waals surface area contributed by atoms with Crippen molar-refractivity contribution in [1.82, 2.24) is 5.32 Å². The van der Waals surface area contributed by atoms with Gasteiger partial charge in [0.2, 0.25) is 5.91 Å². The molecule has 0 aromatic rings. The second-order valence-electron chi connectivity index (χ2n) is 16.6. The van der Waals surface area contributed by atoms with Gasteiger partial charge >= 0.3 is 5.97 Å². The topological polar surface area (TPSA) is 95.9 Å². The van der Waals surface area contributed by atoms with Crippen LogP contribution >= 0.6 is 0 Å². The monoisotopic (exact) mass is 800 g/mol. The average molecular weight is 800 g/mol. The summed E-state index contributed by atoms with van der Waals surface area (Å²) in [5.41, 5.74) is 0. The third-order valence-corrected chi connectivity index (χ3v) is 11.0. The Bertz CT molecular complexity index is 988. The number of hydrogen-bond donors (Lipinski definition) is 3. The van der Waals surface area contributed by atoms with E-state index in [9.17, 15) is 19.8 Å². The highest BCUT2D eigenvalue weighted by molar-refractivity contribution is 5.77. The third-order valence-electron chi connectivity index (χ3n) is 11.0. The normalized spacial score (nSPS) is 13.7. The summed E-state index contributed by atoms with van der Waals surface area (Å²) < 4.78 is 5.91. The van der Waals surface area contributed by atoms with Crippen LogP contribution in [0.1, 0.15) is 239 Å². The Kier molecular flexibility index (Phi) is 43.2. The van der Waals surface area contributed by atoms with Crippen molar-refractivity contribution >= 4 is 11.9 Å². The van der Waals surface area contributed by atoms with Gasteiger partial charge < -0.3 is 20.3 Å². The molecule has 0 aliphatic heterocycles. The molecule has 0 saturated carbocycles. The van der Waals surface area contributed by atoms with Crippen molar-refractivity contribution in [3.63, 3.8) is 0 Å². The number of hydrogen-bond acceptors (Lipinski definition) is 5. The number of aliphatic hydroxyl groups excluding tert-OH is 2. The number of nitrogens with one attached hydrogen (secondary N) is 1. The van der Waals surface area contributed by atoms with E-state index in [1.165, 1.54) is 116 Å². The van der Waals surface area contributed by atoms with Crippen molar-refractivity contribution in [2.45, 2.75) is 257 Å². The molecule has 3 N–H and O–H groups in total. The first-order chi connectivity index (χ1) is 28.0. The molecule has 0 aliphatic rings. The predicted molar refractivity (Wildman–Crippen MR) is 245 cm³/mol. The second-order valence-corrected chi connectivity index (χ2v) is 16.6. The summed E-state index contributed by atoms with van der Waals surface area (Å²) in [6, 6.07) is -0.703. The molecule has 0 aromatic heterocycles. The highest BCUT2D eigenvalue weighted by Crippen LogP contribution is 2.18. The molecule has 0 bridgehead atoms. The van der Waals surface area contributed by atoms with Gasteiger partial charge in [-0.15, -0.1) is 0 Å². The molecular formula is C51H93NO5. The first kappa shape index (κ1) is 54.8. The third kappa shape index (κ3) is 40.4. The first-order valence-electron chi connectivity index (χ1n) is 24.4. The first-order valence-corrected chi connectivity index (χ1v) is 24.4. The van der Waals surface area contributed by atoms with E-state index in [2.05, 4.69) is 56.5 Å². The molecule has 0 saturated heterocycles. The van der Waals surface area contributed by atoms with Crippen molar-refractivity contribution in [3.8, 4) is 0 Å². The molecule has 3 atom stereocenters. The molecule has 0 aliphatic carbocycles. The summed E-state index contributed by atoms with van der Waals surface area (Å²) in [4.78, 5) is 26.1. The Morgan fingerprint density at radius 1 is 0.526 bits per heavy atom. The van der Waals surface area contributed by atoms with E-state index in [0.717, 1.165) is 77.0 Å². The molecule has 0 heterocycles. The summed E-state index contributed by atoms with van der Waals surface area (Å²) in [5, 5.41) is 23.7. The van der Waals surface area contributed by atoms with Crippen LogP contribution in [0.15, 0.2) is 48.6 Å². The molecule has 3 unspecified atom stereocenters. The van der Waals surface area contributed by atoms with E-state index >= 15 is 0 Å². The fraction of sp³-hybridized carbons (Fsp3) is 0.804. The van der Waals surface area contributed by atoms with E-state index < -0.39 is 18.2 Å². The van der Waals surface area contributed by atoms with Gasteiger partial charge in [0.25, 0.3) is 0 Å². The molecule has 57 heavy (non-hydrogen) atoms. The lowest BCUT2D eigenvalue weighted by Crippen LogP contribution is -2.46. The van der Waals surface area contributed by atoms with Gasteiger partial charge in [-0.25, -0.2) is 0 Å². The van der Waals surface area contributed by atoms with Gasteiger partial charge in [-0.3, -0.25) is 9.59 Å². The van der Waals surface area contributed by atoms with E-state index in [1.807, 2.05) is 18.2 Å². The van der Waals surface area contributed by atoms with Crippen LogP contribution in [-0.2, 0) is 14.3 Å². The Morgan fingerprint density at radius 2 is 0.947 bits per heavy atom. The van der Waals surface area contributed by atoms with Crippen LogP contribution in [0.3, 0.4) is 0 Å². The Labute approximate surface area is 353 Å². The van der Waals surface area contributed by atoms with E-state index in [4.69, 9.17) is 4.74 Å². The number of unbranched alkanes of at least 4 members (excludes halogenated alkanes) is 26. The summed E-state index contributed by atoms with van der Waals surface area (Å²) in [6.07, 6.45) is 53.1. The number of carbonyl (C=O) groups is 2. The standard InChI is InChI=1S/C51H93NO5/c1-4-7-10-13-16-19-22-24-25-27-29-32-35-38-41-44-51(56)57-47(42-39-36-33-30-28-26-23-20-17-14-11-8-5-2)45-50(55)52-48(46-53)49(54)43-40-37-34-31-21-18-15-12-9-6-3/h7,10,13,16,19,22,24-25,47-49,53-54H,4-6,8-9,11-12,14-15,17-18,20-21,23,26-46H2,1-3H3,(H,52,55)/b10-7+,16-13+,22-19+,25-24-. The van der Waals surface area contributed by atoms with Gasteiger partial charge in [0, 0.05) is 6.42 Å². The summed E-state index contributed by atoms with van der Waals surface area (Å²) in [6.45, 7) is 6.33. The minimum atomic E-state index is -0.789. The lowest BCUT2D eigenvalue weighted by molar-refractivity contribution is -0.151. The molecule has 0 rings (SSSR count). The molecule has 6 heteroatoms. The zero-order valence-corrected chi connectivity index (χ0v) is 37.7. The summed E-state index contributed by atoms with van der Waals surface area (Å²) in [5.74, 6) is -0.495. The number of esters is 1. The SMILES string of the molecule is CC/C=C/C=C/C=C/C=C\CCCCCCCC(=O)OC(CCCCCCCCCCCCCCC)CC(=O)NC(CO)C(O)CCCCCCCCCCCC. The van der Waals surface area contributed by atoms with Gasteiger partial charge in [0.05, 0.1) is 25.2 Å². The number of allylic oxidation sites excluding steroid dienone is 8. The Morgan fingerprint density at radius 3 is 1.44 bits per heavy atom. The molecule has 0 aromatic carbocycles. The van der Waals surface area contributed by atoms with Crippen LogP contribution < -0.4 is 5.32 Å². The summed E-state index contributed by atoms with van der Waals surface area (Å²) in [7, 11) is 0. The van der Waals surface area contributed by atoms with E-state index in [1.54, 1.807) is 0 Å². The maximum Gasteiger partial charge on any atom is 0.306 e. The number of amides is 1. The molecule has 6 nitrogen and oxygen atoms in total. The number of carbonyl (C=O) groups excluding carboxylic acids is 2. The molecule has 0 fully saturated rings. The van der Waals surface area contributed by atoms with Gasteiger partial charge in [0.15, 0.2) is 0 Å². The molecule has 1 amide bonds. The van der Waals surface area contributed by atoms with Crippen molar-refractivity contribution in [2.24, 2.45) is 0 Å². The fourth-order valence-electron chi connectivity index (χ4n) is 7.32. The molecular weight excluding hydrogens is 707 g/mol. The van der Waals surface area contributed by atoms with Crippen molar-refractivity contribution in [1.29, 1.82) is 0 Å². The van der Waals surface area contributed by atoms with Gasteiger partial charge in [-0.1, -0.05) is 230 Å². The lowest BCUT2D eigenvalue weighted by Gasteiger charge is -2.24. The van der Waals surface area contributed by atoms with Gasteiger partial charge in [-0.2, -0.15) is 0 Å². The molecule has 0 radical (unpaired) electrons. The van der Waals surface area contributed by atoms with Gasteiger partial charge in [-0.05, 0) is 44.9 Å². The van der Waals surface area contributed by atoms with Crippen molar-refractivity contribution in [2.75, 3.05) is 6.61 Å². The average Bonchev–Trinajstić information content (AvgIpc) is 3.20. The van der Waals surface area contributed by atoms with Crippen LogP contribution in [0.5, 0.6) is 0 Å². The minimum absolute atomic E-state index is 0.0698. The van der Waals surface area contributed by atoms with Crippen molar-refractivity contribution < 1.29 is 24.5 Å². The molecule has 0 spiro atoms. The fourth-order valence-corrected chi connectivity index (χ4v) is 7.32. The highest BCUT2D eigenvalue weighted by atomic mass is 16.5. The maximum absolute atomic E-state index is 13.2. The quantitative estimate of drug-likeness (QED) is 0.0324. The number of ether oxygens (including phenoxy) is 1. The van der Waals surface area contributed by atoms with Crippen LogP contribution in [-0.4, -0.2) is 46.9 Å². The minimum Gasteiger partial charge on any atom is -0.462 e. The van der Waals surface area contributed by atoms with Crippen LogP contribution in [0.25, 0.3) is 0 Å². The zero-order valence-electron chi connectivity index (χ0n) is 37.7.